The molecule has 1 aliphatic rings. The number of fused-ring (bicyclic) bond motifs is 1. The quantitative estimate of drug-likeness (QED) is 0.609. The average molecular weight is 432 g/mol. The molecule has 1 fully saturated rings. The summed E-state index contributed by atoms with van der Waals surface area (Å²) in [7, 11) is 1.56. The van der Waals surface area contributed by atoms with Gasteiger partial charge in [-0.2, -0.15) is 13.2 Å². The first-order valence-corrected chi connectivity index (χ1v) is 10.5. The summed E-state index contributed by atoms with van der Waals surface area (Å²) in [5, 5.41) is 0. The predicted octanol–water partition coefficient (Wildman–Crippen LogP) is 4.78. The van der Waals surface area contributed by atoms with Crippen molar-refractivity contribution in [1.82, 2.24) is 14.9 Å². The van der Waals surface area contributed by atoms with Crippen molar-refractivity contribution in [3.8, 4) is 17.1 Å². The number of aromatic amines is 1. The standard InChI is InChI=1S/C23H27F3N4O/c1-14(13-27)30-9-7-15(8-10-30)18-11-16(23(24,25)26)12-19-21(18)29-22(28-19)17-5-3-4-6-20(17)31-2/h3-6,11-12,14-15H,7-10,13,27H2,1-2H3,(H,28,29). The van der Waals surface area contributed by atoms with Crippen molar-refractivity contribution in [3.63, 3.8) is 0 Å². The van der Waals surface area contributed by atoms with Gasteiger partial charge in [0.25, 0.3) is 0 Å². The lowest BCUT2D eigenvalue weighted by molar-refractivity contribution is -0.137. The van der Waals surface area contributed by atoms with Gasteiger partial charge in [-0.05, 0) is 68.6 Å². The van der Waals surface area contributed by atoms with Crippen LogP contribution in [0, 0.1) is 0 Å². The predicted molar refractivity (Wildman–Crippen MR) is 115 cm³/mol. The monoisotopic (exact) mass is 432 g/mol. The summed E-state index contributed by atoms with van der Waals surface area (Å²) in [6, 6.07) is 10.0. The van der Waals surface area contributed by atoms with Gasteiger partial charge in [0.2, 0.25) is 0 Å². The van der Waals surface area contributed by atoms with Gasteiger partial charge in [0.05, 0.1) is 29.3 Å². The number of halogens is 3. The maximum Gasteiger partial charge on any atom is 0.416 e. The fourth-order valence-corrected chi connectivity index (χ4v) is 4.39. The number of ether oxygens (including phenoxy) is 1. The van der Waals surface area contributed by atoms with Gasteiger partial charge in [-0.15, -0.1) is 0 Å². The van der Waals surface area contributed by atoms with Gasteiger partial charge in [0, 0.05) is 12.6 Å². The normalized spacial score (nSPS) is 17.2. The highest BCUT2D eigenvalue weighted by Crippen LogP contribution is 2.39. The molecule has 166 valence electrons. The minimum absolute atomic E-state index is 0.0137. The smallest absolute Gasteiger partial charge is 0.416 e. The van der Waals surface area contributed by atoms with Crippen LogP contribution >= 0.6 is 0 Å². The Morgan fingerprint density at radius 3 is 2.58 bits per heavy atom. The van der Waals surface area contributed by atoms with Crippen molar-refractivity contribution in [1.29, 1.82) is 0 Å². The number of benzene rings is 2. The lowest BCUT2D eigenvalue weighted by atomic mass is 9.87. The first-order chi connectivity index (χ1) is 14.8. The van der Waals surface area contributed by atoms with E-state index < -0.39 is 11.7 Å². The lowest BCUT2D eigenvalue weighted by Gasteiger charge is -2.36. The van der Waals surface area contributed by atoms with Crippen LogP contribution in [0.15, 0.2) is 36.4 Å². The zero-order valence-corrected chi connectivity index (χ0v) is 17.7. The molecule has 3 N–H and O–H groups in total. The number of aromatic nitrogens is 2. The molecule has 4 rings (SSSR count). The number of nitrogens with zero attached hydrogens (tertiary/aromatic N) is 2. The van der Waals surface area contributed by atoms with E-state index in [1.54, 1.807) is 13.2 Å². The SMILES string of the molecule is COc1ccccc1-c1nc2c(C3CCN(C(C)CN)CC3)cc(C(F)(F)F)cc2[nH]1. The number of nitrogens with two attached hydrogens (primary N) is 1. The van der Waals surface area contributed by atoms with Crippen LogP contribution in [0.25, 0.3) is 22.4 Å². The van der Waals surface area contributed by atoms with Gasteiger partial charge < -0.3 is 15.5 Å². The van der Waals surface area contributed by atoms with Gasteiger partial charge >= 0.3 is 6.18 Å². The van der Waals surface area contributed by atoms with Crippen LogP contribution in [0.5, 0.6) is 5.75 Å². The Bertz CT molecular complexity index is 1050. The minimum Gasteiger partial charge on any atom is -0.496 e. The van der Waals surface area contributed by atoms with Gasteiger partial charge in [0.1, 0.15) is 11.6 Å². The number of rotatable bonds is 5. The van der Waals surface area contributed by atoms with Gasteiger partial charge in [-0.1, -0.05) is 12.1 Å². The number of imidazole rings is 1. The van der Waals surface area contributed by atoms with Crippen LogP contribution in [0.4, 0.5) is 13.2 Å². The van der Waals surface area contributed by atoms with Crippen molar-refractivity contribution in [2.75, 3.05) is 26.7 Å². The molecule has 1 aliphatic heterocycles. The molecule has 1 atom stereocenters. The third-order valence-corrected chi connectivity index (χ3v) is 6.24. The minimum atomic E-state index is -4.42. The van der Waals surface area contributed by atoms with E-state index in [9.17, 15) is 13.2 Å². The summed E-state index contributed by atoms with van der Waals surface area (Å²) in [5.74, 6) is 1.13. The van der Waals surface area contributed by atoms with Gasteiger partial charge in [-0.25, -0.2) is 4.98 Å². The van der Waals surface area contributed by atoms with E-state index in [2.05, 4.69) is 16.8 Å². The van der Waals surface area contributed by atoms with E-state index in [-0.39, 0.29) is 12.0 Å². The number of H-pyrrole nitrogens is 1. The van der Waals surface area contributed by atoms with Crippen LogP contribution in [0.3, 0.4) is 0 Å². The van der Waals surface area contributed by atoms with Crippen molar-refractivity contribution in [2.24, 2.45) is 5.73 Å². The summed E-state index contributed by atoms with van der Waals surface area (Å²) < 4.78 is 46.4. The van der Waals surface area contributed by atoms with Crippen LogP contribution in [0.1, 0.15) is 36.8 Å². The van der Waals surface area contributed by atoms with Crippen LogP contribution in [-0.4, -0.2) is 47.7 Å². The first-order valence-electron chi connectivity index (χ1n) is 10.5. The van der Waals surface area contributed by atoms with Crippen LogP contribution in [0.2, 0.25) is 0 Å². The zero-order chi connectivity index (χ0) is 22.2. The molecule has 1 saturated heterocycles. The zero-order valence-electron chi connectivity index (χ0n) is 17.7. The highest BCUT2D eigenvalue weighted by atomic mass is 19.4. The molecule has 0 aliphatic carbocycles. The fraction of sp³-hybridized carbons (Fsp3) is 0.435. The summed E-state index contributed by atoms with van der Waals surface area (Å²) in [6.07, 6.45) is -2.87. The second-order valence-electron chi connectivity index (χ2n) is 8.14. The largest absolute Gasteiger partial charge is 0.496 e. The molecule has 8 heteroatoms. The van der Waals surface area contributed by atoms with Crippen LogP contribution < -0.4 is 10.5 Å². The summed E-state index contributed by atoms with van der Waals surface area (Å²) in [6.45, 7) is 4.27. The molecule has 0 saturated carbocycles. The Kier molecular flexibility index (Phi) is 5.94. The second-order valence-corrected chi connectivity index (χ2v) is 8.14. The summed E-state index contributed by atoms with van der Waals surface area (Å²) in [5.41, 5.74) is 7.49. The van der Waals surface area contributed by atoms with E-state index in [1.807, 2.05) is 18.2 Å². The van der Waals surface area contributed by atoms with Crippen molar-refractivity contribution in [2.45, 2.75) is 37.9 Å². The summed E-state index contributed by atoms with van der Waals surface area (Å²) in [4.78, 5) is 10.1. The molecule has 3 aromatic rings. The number of piperidine rings is 1. The van der Waals surface area contributed by atoms with Gasteiger partial charge in [-0.3, -0.25) is 4.90 Å². The number of para-hydroxylation sites is 1. The highest BCUT2D eigenvalue weighted by molar-refractivity contribution is 5.85. The van der Waals surface area contributed by atoms with Crippen molar-refractivity contribution < 1.29 is 17.9 Å². The third-order valence-electron chi connectivity index (χ3n) is 6.24. The van der Waals surface area contributed by atoms with Crippen molar-refractivity contribution >= 4 is 11.0 Å². The van der Waals surface area contributed by atoms with Crippen LogP contribution in [-0.2, 0) is 6.18 Å². The second kappa shape index (κ2) is 8.51. The highest BCUT2D eigenvalue weighted by Gasteiger charge is 2.34. The molecule has 2 aromatic carbocycles. The molecule has 5 nitrogen and oxygen atoms in total. The van der Waals surface area contributed by atoms with E-state index in [0.29, 0.717) is 40.3 Å². The molecular formula is C23H27F3N4O. The molecular weight excluding hydrogens is 405 g/mol. The van der Waals surface area contributed by atoms with E-state index >= 15 is 0 Å². The molecule has 0 bridgehead atoms. The summed E-state index contributed by atoms with van der Waals surface area (Å²) >= 11 is 0. The maximum absolute atomic E-state index is 13.6. The Balaban J connectivity index is 1.77. The first kappa shape index (κ1) is 21.6. The molecule has 0 spiro atoms. The van der Waals surface area contributed by atoms with E-state index in [1.165, 1.54) is 6.07 Å². The lowest BCUT2D eigenvalue weighted by Crippen LogP contribution is -2.43. The molecule has 31 heavy (non-hydrogen) atoms. The Labute approximate surface area is 179 Å². The molecule has 0 radical (unpaired) electrons. The third kappa shape index (κ3) is 4.27. The maximum atomic E-state index is 13.6. The molecule has 2 heterocycles. The molecule has 1 aromatic heterocycles. The van der Waals surface area contributed by atoms with Gasteiger partial charge in [0.15, 0.2) is 0 Å². The number of hydrogen-bond acceptors (Lipinski definition) is 4. The number of methoxy groups -OCH3 is 1. The Morgan fingerprint density at radius 1 is 1.23 bits per heavy atom. The molecule has 1 unspecified atom stereocenters. The molecule has 0 amide bonds. The number of likely N-dealkylation sites (tertiary alicyclic amines) is 1. The fourth-order valence-electron chi connectivity index (χ4n) is 4.39. The van der Waals surface area contributed by atoms with E-state index in [4.69, 9.17) is 15.5 Å². The van der Waals surface area contributed by atoms with Crippen molar-refractivity contribution in [3.05, 3.63) is 47.5 Å². The van der Waals surface area contributed by atoms with E-state index in [0.717, 1.165) is 32.0 Å². The Morgan fingerprint density at radius 2 is 1.94 bits per heavy atom. The number of alkyl halides is 3. The number of hydrogen-bond donors (Lipinski definition) is 2. The average Bonchev–Trinajstić information content (AvgIpc) is 3.21. The topological polar surface area (TPSA) is 67.2 Å². The Hall–Kier alpha value is -2.58. The number of nitrogens with one attached hydrogen (secondary N) is 1.